The lowest BCUT2D eigenvalue weighted by Crippen LogP contribution is -1.92. The first-order chi connectivity index (χ1) is 5.51. The molecular weight excluding hydrogens is 199 g/mol. The molecule has 0 aromatic rings. The molecular formula is C6H13O4PS. The van der Waals surface area contributed by atoms with Gasteiger partial charge in [-0.15, -0.1) is 11.8 Å². The minimum absolute atomic E-state index is 0.0328. The summed E-state index contributed by atoms with van der Waals surface area (Å²) in [7, 11) is -0.692. The lowest BCUT2D eigenvalue weighted by molar-refractivity contribution is 0.283. The molecule has 0 radical (unpaired) electrons. The molecule has 0 spiro atoms. The molecule has 0 heterocycles. The van der Waals surface area contributed by atoms with Gasteiger partial charge in [0.25, 0.3) is 0 Å². The zero-order valence-corrected chi connectivity index (χ0v) is 9.24. The molecule has 0 atom stereocenters. The molecule has 0 rings (SSSR count). The van der Waals surface area contributed by atoms with Crippen molar-refractivity contribution in [2.45, 2.75) is 6.92 Å². The van der Waals surface area contributed by atoms with E-state index in [4.69, 9.17) is 14.2 Å². The van der Waals surface area contributed by atoms with Gasteiger partial charge in [-0.2, -0.15) is 0 Å². The van der Waals surface area contributed by atoms with Crippen LogP contribution in [-0.4, -0.2) is 25.6 Å². The maximum Gasteiger partial charge on any atom is 0.370 e. The first-order valence-electron chi connectivity index (χ1n) is 3.17. The summed E-state index contributed by atoms with van der Waals surface area (Å²) in [5.41, 5.74) is 0. The normalized spacial score (nSPS) is 14.3. The van der Waals surface area contributed by atoms with Gasteiger partial charge in [0.05, 0.1) is 0 Å². The van der Waals surface area contributed by atoms with Gasteiger partial charge in [-0.25, -0.2) is 0 Å². The van der Waals surface area contributed by atoms with Gasteiger partial charge < -0.3 is 14.2 Å². The highest BCUT2D eigenvalue weighted by Crippen LogP contribution is 2.59. The van der Waals surface area contributed by atoms with E-state index in [2.05, 4.69) is 0 Å². The zero-order valence-electron chi connectivity index (χ0n) is 7.53. The highest BCUT2D eigenvalue weighted by molar-refractivity contribution is 8.09. The summed E-state index contributed by atoms with van der Waals surface area (Å²) in [6.07, 6.45) is 1.69. The summed E-state index contributed by atoms with van der Waals surface area (Å²) in [5.74, 6) is -0.0328. The summed E-state index contributed by atoms with van der Waals surface area (Å²) >= 11 is 1.15. The summed E-state index contributed by atoms with van der Waals surface area (Å²) < 4.78 is 21.3. The van der Waals surface area contributed by atoms with Gasteiger partial charge in [0, 0.05) is 14.2 Å². The monoisotopic (exact) mass is 212 g/mol. The van der Waals surface area contributed by atoms with E-state index in [1.807, 2.05) is 0 Å². The molecule has 0 aliphatic carbocycles. The van der Waals surface area contributed by atoms with Crippen molar-refractivity contribution in [1.29, 1.82) is 0 Å². The van der Waals surface area contributed by atoms with Gasteiger partial charge in [-0.1, -0.05) is 0 Å². The predicted octanol–water partition coefficient (Wildman–Crippen LogP) is 2.58. The van der Waals surface area contributed by atoms with E-state index >= 15 is 0 Å². The van der Waals surface area contributed by atoms with Crippen LogP contribution in [0.3, 0.4) is 0 Å². The number of thioether (sulfide) groups is 1. The Hall–Kier alpha value is 0.0400. The first-order valence-corrected chi connectivity index (χ1v) is 5.94. The van der Waals surface area contributed by atoms with E-state index in [0.29, 0.717) is 0 Å². The van der Waals surface area contributed by atoms with E-state index in [1.165, 1.54) is 21.1 Å². The Balaban J connectivity index is 4.96. The second kappa shape index (κ2) is 4.92. The minimum Gasteiger partial charge on any atom is -0.511 e. The molecule has 0 aliphatic heterocycles. The van der Waals surface area contributed by atoms with Crippen molar-refractivity contribution in [2.75, 3.05) is 20.5 Å². The summed E-state index contributed by atoms with van der Waals surface area (Å²) in [6, 6.07) is 0. The average Bonchev–Trinajstić information content (AvgIpc) is 2.04. The Bertz CT molecular complexity index is 214. The van der Waals surface area contributed by atoms with Crippen LogP contribution < -0.4 is 0 Å². The van der Waals surface area contributed by atoms with Crippen LogP contribution in [0.1, 0.15) is 6.92 Å². The van der Waals surface area contributed by atoms with Crippen LogP contribution in [0.4, 0.5) is 0 Å². The van der Waals surface area contributed by atoms with Gasteiger partial charge in [-0.05, 0) is 13.2 Å². The molecule has 0 aromatic carbocycles. The first kappa shape index (κ1) is 12.0. The van der Waals surface area contributed by atoms with Crippen molar-refractivity contribution in [1.82, 2.24) is 0 Å². The van der Waals surface area contributed by atoms with Gasteiger partial charge in [-0.3, -0.25) is 4.57 Å². The van der Waals surface area contributed by atoms with Gasteiger partial charge in [0.2, 0.25) is 0 Å². The summed E-state index contributed by atoms with van der Waals surface area (Å²) in [6.45, 7) is 1.44. The topological polar surface area (TPSA) is 55.8 Å². The molecule has 0 fully saturated rings. The second-order valence-electron chi connectivity index (χ2n) is 1.96. The van der Waals surface area contributed by atoms with Gasteiger partial charge in [0.15, 0.2) is 0 Å². The highest BCUT2D eigenvalue weighted by atomic mass is 32.2. The molecule has 0 amide bonds. The summed E-state index contributed by atoms with van der Waals surface area (Å²) in [4.78, 5) is 0. The minimum atomic E-state index is -3.25. The van der Waals surface area contributed by atoms with Crippen LogP contribution in [-0.2, 0) is 13.6 Å². The second-order valence-corrected chi connectivity index (χ2v) is 5.25. The fraction of sp³-hybridized carbons (Fsp3) is 0.667. The average molecular weight is 212 g/mol. The molecule has 0 saturated heterocycles. The van der Waals surface area contributed by atoms with E-state index in [1.54, 1.807) is 6.26 Å². The SMILES string of the molecule is COP(=O)(OC)/C(SC)=C(/C)O. The fourth-order valence-electron chi connectivity index (χ4n) is 0.698. The van der Waals surface area contributed by atoms with Crippen molar-refractivity contribution in [3.05, 3.63) is 10.4 Å². The quantitative estimate of drug-likeness (QED) is 0.573. The summed E-state index contributed by atoms with van der Waals surface area (Å²) in [5, 5.41) is 9.14. The molecule has 0 aromatic heterocycles. The molecule has 0 unspecified atom stereocenters. The number of hydrogen-bond donors (Lipinski definition) is 1. The van der Waals surface area contributed by atoms with Crippen molar-refractivity contribution < 1.29 is 18.7 Å². The molecule has 0 aliphatic rings. The maximum atomic E-state index is 11.6. The Labute approximate surface area is 76.5 Å². The number of hydrogen-bond acceptors (Lipinski definition) is 5. The van der Waals surface area contributed by atoms with Crippen LogP contribution >= 0.6 is 19.4 Å². The fourth-order valence-corrected chi connectivity index (χ4v) is 3.21. The number of aliphatic hydroxyl groups excluding tert-OH is 1. The van der Waals surface area contributed by atoms with Crippen molar-refractivity contribution in [2.24, 2.45) is 0 Å². The van der Waals surface area contributed by atoms with Gasteiger partial charge in [0.1, 0.15) is 10.4 Å². The standard InChI is InChI=1S/C6H13O4PS/c1-5(7)6(12-4)11(8,9-2)10-3/h7H,1-4H3/b6-5+. The Morgan fingerprint density at radius 1 is 1.42 bits per heavy atom. The van der Waals surface area contributed by atoms with E-state index in [0.717, 1.165) is 11.8 Å². The number of rotatable bonds is 4. The molecule has 1 N–H and O–H groups in total. The van der Waals surface area contributed by atoms with E-state index < -0.39 is 7.60 Å². The van der Waals surface area contributed by atoms with Crippen LogP contribution in [0, 0.1) is 0 Å². The Kier molecular flexibility index (Phi) is 4.94. The molecule has 0 saturated carbocycles. The lowest BCUT2D eigenvalue weighted by Gasteiger charge is -2.15. The predicted molar refractivity (Wildman–Crippen MR) is 50.5 cm³/mol. The van der Waals surface area contributed by atoms with Crippen LogP contribution in [0.5, 0.6) is 0 Å². The third kappa shape index (κ3) is 2.52. The third-order valence-corrected chi connectivity index (χ3v) is 4.92. The molecule has 6 heteroatoms. The molecule has 4 nitrogen and oxygen atoms in total. The van der Waals surface area contributed by atoms with E-state index in [9.17, 15) is 4.57 Å². The van der Waals surface area contributed by atoms with Crippen LogP contribution in [0.15, 0.2) is 10.4 Å². The van der Waals surface area contributed by atoms with Gasteiger partial charge >= 0.3 is 7.60 Å². The molecule has 12 heavy (non-hydrogen) atoms. The Morgan fingerprint density at radius 3 is 1.92 bits per heavy atom. The van der Waals surface area contributed by atoms with Crippen molar-refractivity contribution >= 4 is 19.4 Å². The van der Waals surface area contributed by atoms with Crippen molar-refractivity contribution in [3.8, 4) is 0 Å². The zero-order chi connectivity index (χ0) is 9.78. The largest absolute Gasteiger partial charge is 0.511 e. The molecule has 0 bridgehead atoms. The lowest BCUT2D eigenvalue weighted by atomic mass is 10.7. The maximum absolute atomic E-state index is 11.6. The third-order valence-electron chi connectivity index (χ3n) is 1.23. The molecule has 72 valence electrons. The van der Waals surface area contributed by atoms with Crippen LogP contribution in [0.25, 0.3) is 0 Å². The smallest absolute Gasteiger partial charge is 0.370 e. The highest BCUT2D eigenvalue weighted by Gasteiger charge is 2.29. The van der Waals surface area contributed by atoms with E-state index in [-0.39, 0.29) is 10.4 Å². The number of allylic oxidation sites excluding steroid dienone is 1. The number of aliphatic hydroxyl groups is 1. The van der Waals surface area contributed by atoms with Crippen molar-refractivity contribution in [3.63, 3.8) is 0 Å². The Morgan fingerprint density at radius 2 is 1.83 bits per heavy atom. The van der Waals surface area contributed by atoms with Crippen LogP contribution in [0.2, 0.25) is 0 Å².